The Bertz CT molecular complexity index is 1150. The number of benzene rings is 2. The largest absolute Gasteiger partial charge is 0.495 e. The number of Topliss-reactive ketones (excluding diaryl/α,β-unsaturated/α-hetero) is 1. The number of halogens is 2. The SMILES string of the molecule is CCOC(=O)C1=C(C)NC2=C(C(=O)c3ccccc32)[C@H]1c1cc(Br)cc(Br)c1OC. The highest BCUT2D eigenvalue weighted by Gasteiger charge is 2.44. The van der Waals surface area contributed by atoms with Crippen molar-refractivity contribution in [3.05, 3.63) is 78.9 Å². The van der Waals surface area contributed by atoms with Crippen LogP contribution in [0.4, 0.5) is 0 Å². The lowest BCUT2D eigenvalue weighted by Gasteiger charge is -2.30. The first kappa shape index (κ1) is 20.9. The monoisotopic (exact) mass is 531 g/mol. The standard InChI is InChI=1S/C23H19Br2NO4/c1-4-30-23(28)17-11(2)26-20-13-7-5-6-8-14(13)21(27)19(20)18(17)15-9-12(24)10-16(25)22(15)29-3/h5-10,18,26H,4H2,1-3H3/t18-/m0/s1. The van der Waals surface area contributed by atoms with Crippen molar-refractivity contribution in [2.45, 2.75) is 19.8 Å². The lowest BCUT2D eigenvalue weighted by molar-refractivity contribution is -0.138. The van der Waals surface area contributed by atoms with Gasteiger partial charge < -0.3 is 14.8 Å². The van der Waals surface area contributed by atoms with Gasteiger partial charge in [-0.05, 0) is 41.9 Å². The van der Waals surface area contributed by atoms with Crippen molar-refractivity contribution in [3.8, 4) is 5.75 Å². The molecule has 0 saturated heterocycles. The van der Waals surface area contributed by atoms with Gasteiger partial charge in [0.05, 0.1) is 35.4 Å². The summed E-state index contributed by atoms with van der Waals surface area (Å²) in [5.41, 5.74) is 4.46. The Morgan fingerprint density at radius 1 is 1.17 bits per heavy atom. The number of nitrogens with one attached hydrogen (secondary N) is 1. The van der Waals surface area contributed by atoms with E-state index < -0.39 is 11.9 Å². The van der Waals surface area contributed by atoms with Crippen LogP contribution in [0.5, 0.6) is 5.75 Å². The van der Waals surface area contributed by atoms with Crippen molar-refractivity contribution in [1.82, 2.24) is 5.32 Å². The Morgan fingerprint density at radius 2 is 1.87 bits per heavy atom. The number of carbonyl (C=O) groups is 2. The molecule has 4 rings (SSSR count). The maximum absolute atomic E-state index is 13.5. The molecule has 0 aromatic heterocycles. The van der Waals surface area contributed by atoms with Gasteiger partial charge in [0, 0.05) is 32.4 Å². The number of ketones is 1. The highest BCUT2D eigenvalue weighted by atomic mass is 79.9. The minimum absolute atomic E-state index is 0.106. The molecule has 0 radical (unpaired) electrons. The van der Waals surface area contributed by atoms with Crippen LogP contribution in [0.15, 0.2) is 62.2 Å². The summed E-state index contributed by atoms with van der Waals surface area (Å²) >= 11 is 7.07. The van der Waals surface area contributed by atoms with Gasteiger partial charge in [-0.15, -0.1) is 0 Å². The van der Waals surface area contributed by atoms with Crippen molar-refractivity contribution in [2.24, 2.45) is 0 Å². The summed E-state index contributed by atoms with van der Waals surface area (Å²) < 4.78 is 12.6. The summed E-state index contributed by atoms with van der Waals surface area (Å²) in [6.45, 7) is 3.83. The lowest BCUT2D eigenvalue weighted by Crippen LogP contribution is -2.29. The minimum atomic E-state index is -0.635. The Balaban J connectivity index is 2.02. The molecule has 0 fully saturated rings. The molecule has 0 saturated carbocycles. The van der Waals surface area contributed by atoms with Crippen LogP contribution < -0.4 is 10.1 Å². The zero-order valence-corrected chi connectivity index (χ0v) is 19.8. The van der Waals surface area contributed by atoms with Gasteiger partial charge in [-0.25, -0.2) is 4.79 Å². The minimum Gasteiger partial charge on any atom is -0.495 e. The van der Waals surface area contributed by atoms with E-state index in [1.807, 2.05) is 43.3 Å². The van der Waals surface area contributed by atoms with Crippen molar-refractivity contribution in [1.29, 1.82) is 0 Å². The smallest absolute Gasteiger partial charge is 0.336 e. The van der Waals surface area contributed by atoms with E-state index in [0.717, 1.165) is 20.2 Å². The van der Waals surface area contributed by atoms with Gasteiger partial charge >= 0.3 is 5.97 Å². The molecular weight excluding hydrogens is 514 g/mol. The average Bonchev–Trinajstić information content (AvgIpc) is 2.99. The highest BCUT2D eigenvalue weighted by molar-refractivity contribution is 9.11. The van der Waals surface area contributed by atoms with Gasteiger partial charge in [0.25, 0.3) is 0 Å². The van der Waals surface area contributed by atoms with Crippen LogP contribution >= 0.6 is 31.9 Å². The second-order valence-electron chi connectivity index (χ2n) is 6.99. The van der Waals surface area contributed by atoms with Gasteiger partial charge in [0.1, 0.15) is 5.75 Å². The molecule has 154 valence electrons. The molecule has 0 bridgehead atoms. The fraction of sp³-hybridized carbons (Fsp3) is 0.217. The molecule has 2 aliphatic rings. The van der Waals surface area contributed by atoms with E-state index in [2.05, 4.69) is 37.2 Å². The molecule has 0 unspecified atom stereocenters. The predicted octanol–water partition coefficient (Wildman–Crippen LogP) is 5.35. The number of fused-ring (bicyclic) bond motifs is 2. The first-order valence-corrected chi connectivity index (χ1v) is 11.0. The molecule has 1 atom stereocenters. The average molecular weight is 533 g/mol. The van der Waals surface area contributed by atoms with E-state index in [4.69, 9.17) is 9.47 Å². The number of rotatable bonds is 4. The van der Waals surface area contributed by atoms with Crippen molar-refractivity contribution in [2.75, 3.05) is 13.7 Å². The topological polar surface area (TPSA) is 64.6 Å². The summed E-state index contributed by atoms with van der Waals surface area (Å²) in [6.07, 6.45) is 0. The number of esters is 1. The molecule has 0 spiro atoms. The molecule has 1 heterocycles. The number of methoxy groups -OCH3 is 1. The number of hydrogen-bond donors (Lipinski definition) is 1. The van der Waals surface area contributed by atoms with Crippen molar-refractivity contribution < 1.29 is 19.1 Å². The summed E-state index contributed by atoms with van der Waals surface area (Å²) in [6, 6.07) is 11.2. The molecule has 2 aromatic rings. The Morgan fingerprint density at radius 3 is 2.53 bits per heavy atom. The molecule has 7 heteroatoms. The predicted molar refractivity (Wildman–Crippen MR) is 121 cm³/mol. The normalized spacial score (nSPS) is 17.5. The summed E-state index contributed by atoms with van der Waals surface area (Å²) in [5, 5.41) is 3.29. The van der Waals surface area contributed by atoms with E-state index in [9.17, 15) is 9.59 Å². The van der Waals surface area contributed by atoms with E-state index in [1.165, 1.54) is 0 Å². The van der Waals surface area contributed by atoms with E-state index >= 15 is 0 Å². The third-order valence-electron chi connectivity index (χ3n) is 5.30. The van der Waals surface area contributed by atoms with Crippen molar-refractivity contribution >= 4 is 49.3 Å². The molecule has 1 aliphatic heterocycles. The molecule has 5 nitrogen and oxygen atoms in total. The lowest BCUT2D eigenvalue weighted by atomic mass is 9.79. The number of ether oxygens (including phenoxy) is 2. The molecular formula is C23H19Br2NO4. The summed E-state index contributed by atoms with van der Waals surface area (Å²) in [7, 11) is 1.57. The Labute approximate surface area is 191 Å². The van der Waals surface area contributed by atoms with Gasteiger partial charge in [-0.3, -0.25) is 4.79 Å². The maximum atomic E-state index is 13.5. The first-order chi connectivity index (χ1) is 14.4. The van der Waals surface area contributed by atoms with Gasteiger partial charge in [0.15, 0.2) is 5.78 Å². The van der Waals surface area contributed by atoms with Gasteiger partial charge in [-0.1, -0.05) is 40.2 Å². The molecule has 1 N–H and O–H groups in total. The Hall–Kier alpha value is -2.38. The molecule has 2 aromatic carbocycles. The van der Waals surface area contributed by atoms with Crippen LogP contribution in [-0.2, 0) is 9.53 Å². The van der Waals surface area contributed by atoms with Crippen LogP contribution in [0.2, 0.25) is 0 Å². The zero-order valence-electron chi connectivity index (χ0n) is 16.6. The number of hydrogen-bond acceptors (Lipinski definition) is 5. The van der Waals surface area contributed by atoms with Crippen LogP contribution in [-0.4, -0.2) is 25.5 Å². The third kappa shape index (κ3) is 3.20. The van der Waals surface area contributed by atoms with Crippen LogP contribution in [0.25, 0.3) is 5.70 Å². The summed E-state index contributed by atoms with van der Waals surface area (Å²) in [5.74, 6) is -0.634. The fourth-order valence-electron chi connectivity index (χ4n) is 4.13. The molecule has 1 aliphatic carbocycles. The number of allylic oxidation sites excluding steroid dienone is 2. The van der Waals surface area contributed by atoms with Crippen LogP contribution in [0.1, 0.15) is 41.3 Å². The maximum Gasteiger partial charge on any atom is 0.336 e. The van der Waals surface area contributed by atoms with Gasteiger partial charge in [0.2, 0.25) is 0 Å². The fourth-order valence-corrected chi connectivity index (χ4v) is 5.55. The third-order valence-corrected chi connectivity index (χ3v) is 6.34. The second-order valence-corrected chi connectivity index (χ2v) is 8.76. The highest BCUT2D eigenvalue weighted by Crippen LogP contribution is 2.50. The van der Waals surface area contributed by atoms with Crippen LogP contribution in [0.3, 0.4) is 0 Å². The second kappa shape index (κ2) is 8.04. The quantitative estimate of drug-likeness (QED) is 0.537. The van der Waals surface area contributed by atoms with E-state index in [1.54, 1.807) is 14.0 Å². The van der Waals surface area contributed by atoms with E-state index in [0.29, 0.717) is 33.7 Å². The van der Waals surface area contributed by atoms with Crippen LogP contribution in [0, 0.1) is 0 Å². The number of dihydropyridines is 1. The Kier molecular flexibility index (Phi) is 5.59. The molecule has 30 heavy (non-hydrogen) atoms. The van der Waals surface area contributed by atoms with E-state index in [-0.39, 0.29) is 12.4 Å². The van der Waals surface area contributed by atoms with Gasteiger partial charge in [-0.2, -0.15) is 0 Å². The number of carbonyl (C=O) groups excluding carboxylic acids is 2. The molecule has 0 amide bonds. The zero-order chi connectivity index (χ0) is 21.6. The summed E-state index contributed by atoms with van der Waals surface area (Å²) in [4.78, 5) is 26.5. The first-order valence-electron chi connectivity index (χ1n) is 9.45. The van der Waals surface area contributed by atoms with Crippen molar-refractivity contribution in [3.63, 3.8) is 0 Å².